The number of aromatic hydroxyl groups is 1. The molecule has 128 valence electrons. The summed E-state index contributed by atoms with van der Waals surface area (Å²) in [6.45, 7) is 0.0753. The molecule has 0 bridgehead atoms. The van der Waals surface area contributed by atoms with Gasteiger partial charge in [-0.1, -0.05) is 28.1 Å². The molecule has 0 spiro atoms. The molecule has 0 radical (unpaired) electrons. The molecule has 1 N–H and O–H groups in total. The summed E-state index contributed by atoms with van der Waals surface area (Å²) in [5, 5.41) is 10.2. The number of ether oxygens (including phenoxy) is 2. The van der Waals surface area contributed by atoms with Gasteiger partial charge in [0.2, 0.25) is 11.2 Å². The predicted molar refractivity (Wildman–Crippen MR) is 90.0 cm³/mol. The third kappa shape index (κ3) is 4.24. The van der Waals surface area contributed by atoms with Gasteiger partial charge in [-0.25, -0.2) is 0 Å². The smallest absolute Gasteiger partial charge is 0.306 e. The zero-order valence-corrected chi connectivity index (χ0v) is 14.8. The van der Waals surface area contributed by atoms with Gasteiger partial charge in [0.05, 0.1) is 19.4 Å². The minimum absolute atomic E-state index is 0.0121. The normalized spacial score (nSPS) is 12.0. The summed E-state index contributed by atoms with van der Waals surface area (Å²) in [7, 11) is 2.74. The molecule has 0 saturated heterocycles. The Hall–Kier alpha value is -2.12. The van der Waals surface area contributed by atoms with Gasteiger partial charge in [0.15, 0.2) is 5.76 Å². The van der Waals surface area contributed by atoms with Crippen LogP contribution in [-0.2, 0) is 20.9 Å². The van der Waals surface area contributed by atoms with E-state index in [0.717, 1.165) is 4.47 Å². The second-order valence-electron chi connectivity index (χ2n) is 5.11. The highest BCUT2D eigenvalue weighted by Crippen LogP contribution is 2.34. The quantitative estimate of drug-likeness (QED) is 0.755. The molecule has 1 heterocycles. The molecule has 7 heteroatoms. The molecule has 0 fully saturated rings. The molecule has 0 aliphatic carbocycles. The van der Waals surface area contributed by atoms with Crippen molar-refractivity contribution >= 4 is 21.9 Å². The Kier molecular flexibility index (Phi) is 6.16. The first kappa shape index (κ1) is 18.2. The number of rotatable bonds is 6. The van der Waals surface area contributed by atoms with Crippen molar-refractivity contribution in [1.82, 2.24) is 0 Å². The first-order valence-electron chi connectivity index (χ1n) is 7.13. The van der Waals surface area contributed by atoms with E-state index >= 15 is 0 Å². The average molecular weight is 397 g/mol. The van der Waals surface area contributed by atoms with Gasteiger partial charge in [-0.2, -0.15) is 0 Å². The number of carbonyl (C=O) groups is 1. The summed E-state index contributed by atoms with van der Waals surface area (Å²) in [6.07, 6.45) is -0.0834. The van der Waals surface area contributed by atoms with Gasteiger partial charge in [0.25, 0.3) is 0 Å². The third-order valence-corrected chi connectivity index (χ3v) is 3.95. The fraction of sp³-hybridized carbons (Fsp3) is 0.294. The Morgan fingerprint density at radius 2 is 2.08 bits per heavy atom. The minimum Gasteiger partial charge on any atom is -0.502 e. The molecule has 1 aromatic heterocycles. The fourth-order valence-corrected chi connectivity index (χ4v) is 2.76. The van der Waals surface area contributed by atoms with E-state index in [1.807, 2.05) is 6.07 Å². The Balaban J connectivity index is 2.58. The van der Waals surface area contributed by atoms with E-state index in [4.69, 9.17) is 13.9 Å². The van der Waals surface area contributed by atoms with Crippen LogP contribution >= 0.6 is 15.9 Å². The molecule has 1 atom stereocenters. The van der Waals surface area contributed by atoms with Crippen LogP contribution in [0.3, 0.4) is 0 Å². The van der Waals surface area contributed by atoms with E-state index < -0.39 is 23.1 Å². The van der Waals surface area contributed by atoms with Crippen LogP contribution in [0.5, 0.6) is 5.75 Å². The van der Waals surface area contributed by atoms with E-state index in [0.29, 0.717) is 5.56 Å². The van der Waals surface area contributed by atoms with Crippen LogP contribution in [0.15, 0.2) is 44.0 Å². The van der Waals surface area contributed by atoms with Gasteiger partial charge >= 0.3 is 5.97 Å². The Morgan fingerprint density at radius 3 is 2.71 bits per heavy atom. The first-order chi connectivity index (χ1) is 11.5. The summed E-state index contributed by atoms with van der Waals surface area (Å²) in [5.74, 6) is -1.40. The van der Waals surface area contributed by atoms with Crippen LogP contribution in [0.25, 0.3) is 0 Å². The van der Waals surface area contributed by atoms with Crippen molar-refractivity contribution in [3.8, 4) is 5.75 Å². The lowest BCUT2D eigenvalue weighted by Gasteiger charge is -2.17. The van der Waals surface area contributed by atoms with Crippen LogP contribution < -0.4 is 5.43 Å². The Labute approximate surface area is 147 Å². The van der Waals surface area contributed by atoms with Crippen molar-refractivity contribution in [1.29, 1.82) is 0 Å². The van der Waals surface area contributed by atoms with Crippen LogP contribution in [0, 0.1) is 0 Å². The van der Waals surface area contributed by atoms with Gasteiger partial charge in [0, 0.05) is 17.6 Å². The molecular weight excluding hydrogens is 380 g/mol. The lowest BCUT2D eigenvalue weighted by atomic mass is 9.92. The zero-order chi connectivity index (χ0) is 17.7. The van der Waals surface area contributed by atoms with Crippen molar-refractivity contribution in [2.24, 2.45) is 0 Å². The molecule has 0 amide bonds. The highest BCUT2D eigenvalue weighted by molar-refractivity contribution is 9.10. The maximum atomic E-state index is 12.0. The van der Waals surface area contributed by atoms with Crippen molar-refractivity contribution in [2.45, 2.75) is 18.9 Å². The third-order valence-electron chi connectivity index (χ3n) is 3.45. The van der Waals surface area contributed by atoms with E-state index in [2.05, 4.69) is 15.9 Å². The van der Waals surface area contributed by atoms with Crippen molar-refractivity contribution in [2.75, 3.05) is 14.2 Å². The van der Waals surface area contributed by atoms with E-state index in [-0.39, 0.29) is 24.5 Å². The standard InChI is InChI=1S/C17H17BrO6/c1-22-9-12-7-14(19)16(21)17(24-12)13(8-15(20)23-2)10-4-3-5-11(18)6-10/h3-7,13,21H,8-9H2,1-2H3/t13-/m0/s1. The Morgan fingerprint density at radius 1 is 1.33 bits per heavy atom. The largest absolute Gasteiger partial charge is 0.502 e. The highest BCUT2D eigenvalue weighted by atomic mass is 79.9. The molecular formula is C17H17BrO6. The van der Waals surface area contributed by atoms with Gasteiger partial charge in [0.1, 0.15) is 12.4 Å². The molecule has 2 aromatic rings. The first-order valence-corrected chi connectivity index (χ1v) is 7.92. The van der Waals surface area contributed by atoms with Gasteiger partial charge in [-0.05, 0) is 17.7 Å². The number of esters is 1. The molecule has 24 heavy (non-hydrogen) atoms. The number of methoxy groups -OCH3 is 2. The van der Waals surface area contributed by atoms with Crippen LogP contribution in [0.1, 0.15) is 29.4 Å². The molecule has 1 aromatic carbocycles. The molecule has 6 nitrogen and oxygen atoms in total. The number of hydrogen-bond acceptors (Lipinski definition) is 6. The van der Waals surface area contributed by atoms with Crippen LogP contribution in [0.4, 0.5) is 0 Å². The summed E-state index contributed by atoms with van der Waals surface area (Å²) >= 11 is 3.37. The average Bonchev–Trinajstić information content (AvgIpc) is 2.56. The van der Waals surface area contributed by atoms with Crippen LogP contribution in [-0.4, -0.2) is 25.3 Å². The van der Waals surface area contributed by atoms with E-state index in [1.165, 1.54) is 20.3 Å². The summed E-state index contributed by atoms with van der Waals surface area (Å²) in [6, 6.07) is 8.35. The van der Waals surface area contributed by atoms with Crippen molar-refractivity contribution in [3.63, 3.8) is 0 Å². The molecule has 0 aliphatic rings. The number of hydrogen-bond donors (Lipinski definition) is 1. The van der Waals surface area contributed by atoms with Gasteiger partial charge < -0.3 is 19.0 Å². The summed E-state index contributed by atoms with van der Waals surface area (Å²) in [4.78, 5) is 23.8. The van der Waals surface area contributed by atoms with Crippen LogP contribution in [0.2, 0.25) is 0 Å². The summed E-state index contributed by atoms with van der Waals surface area (Å²) in [5.41, 5.74) is 0.107. The molecule has 0 saturated carbocycles. The fourth-order valence-electron chi connectivity index (χ4n) is 2.34. The maximum Gasteiger partial charge on any atom is 0.306 e. The van der Waals surface area contributed by atoms with Gasteiger partial charge in [-0.3, -0.25) is 9.59 Å². The number of carbonyl (C=O) groups excluding carboxylic acids is 1. The predicted octanol–water partition coefficient (Wildman–Crippen LogP) is 2.95. The Bertz CT molecular complexity index is 783. The lowest BCUT2D eigenvalue weighted by molar-refractivity contribution is -0.140. The highest BCUT2D eigenvalue weighted by Gasteiger charge is 2.26. The van der Waals surface area contributed by atoms with Gasteiger partial charge in [-0.15, -0.1) is 0 Å². The van der Waals surface area contributed by atoms with Crippen molar-refractivity contribution in [3.05, 3.63) is 62.1 Å². The second kappa shape index (κ2) is 8.12. The maximum absolute atomic E-state index is 12.0. The zero-order valence-electron chi connectivity index (χ0n) is 13.2. The molecule has 0 unspecified atom stereocenters. The molecule has 2 rings (SSSR count). The number of halogens is 1. The summed E-state index contributed by atoms with van der Waals surface area (Å²) < 4.78 is 16.1. The van der Waals surface area contributed by atoms with Crippen molar-refractivity contribution < 1.29 is 23.8 Å². The molecule has 0 aliphatic heterocycles. The van der Waals surface area contributed by atoms with E-state index in [9.17, 15) is 14.7 Å². The van der Waals surface area contributed by atoms with E-state index in [1.54, 1.807) is 18.2 Å². The lowest BCUT2D eigenvalue weighted by Crippen LogP contribution is -2.14. The monoisotopic (exact) mass is 396 g/mol. The SMILES string of the molecule is COCc1cc(=O)c(O)c([C@@H](CC(=O)OC)c2cccc(Br)c2)o1. The minimum atomic E-state index is -0.667. The topological polar surface area (TPSA) is 86.0 Å². The number of benzene rings is 1. The second-order valence-corrected chi connectivity index (χ2v) is 6.03.